The predicted octanol–water partition coefficient (Wildman–Crippen LogP) is 5.33. The highest BCUT2D eigenvalue weighted by Gasteiger charge is 2.60. The fraction of sp³-hybridized carbons (Fsp3) is 0.714. The van der Waals surface area contributed by atoms with Crippen LogP contribution in [0.4, 0.5) is 0 Å². The van der Waals surface area contributed by atoms with E-state index in [1.807, 2.05) is 12.1 Å². The third-order valence-electron chi connectivity index (χ3n) is 7.60. The lowest BCUT2D eigenvalue weighted by Crippen LogP contribution is -2.61. The Hall–Kier alpha value is -1.18. The van der Waals surface area contributed by atoms with Crippen LogP contribution < -0.4 is 4.74 Å². The van der Waals surface area contributed by atoms with Gasteiger partial charge in [0.05, 0.1) is 0 Å². The molecule has 2 saturated carbocycles. The normalized spacial score (nSPS) is 41.2. The van der Waals surface area contributed by atoms with Crippen molar-refractivity contribution in [1.29, 1.82) is 0 Å². The molecule has 2 aliphatic carbocycles. The topological polar surface area (TPSA) is 29.5 Å². The van der Waals surface area contributed by atoms with E-state index in [2.05, 4.69) is 27.7 Å². The molecular formula is C21H30O2. The lowest BCUT2D eigenvalue weighted by atomic mass is 9.44. The van der Waals surface area contributed by atoms with Crippen LogP contribution in [-0.4, -0.2) is 10.7 Å². The molecule has 3 aliphatic rings. The minimum absolute atomic E-state index is 0.0839. The molecule has 4 atom stereocenters. The molecule has 2 nitrogen and oxygen atoms in total. The predicted molar refractivity (Wildman–Crippen MR) is 92.8 cm³/mol. The van der Waals surface area contributed by atoms with Crippen molar-refractivity contribution in [2.45, 2.75) is 71.8 Å². The van der Waals surface area contributed by atoms with Crippen LogP contribution in [0.1, 0.15) is 65.4 Å². The second-order valence-electron chi connectivity index (χ2n) is 9.36. The lowest BCUT2D eigenvalue weighted by Gasteiger charge is -2.63. The number of aromatic hydroxyl groups is 1. The van der Waals surface area contributed by atoms with Crippen molar-refractivity contribution in [3.05, 3.63) is 23.8 Å². The molecule has 0 amide bonds. The average Bonchev–Trinajstić information content (AvgIpc) is 2.45. The van der Waals surface area contributed by atoms with E-state index in [1.54, 1.807) is 6.07 Å². The Kier molecular flexibility index (Phi) is 3.12. The average molecular weight is 314 g/mol. The highest BCUT2D eigenvalue weighted by molar-refractivity contribution is 5.46. The molecular weight excluding hydrogens is 284 g/mol. The Morgan fingerprint density at radius 3 is 2.61 bits per heavy atom. The summed E-state index contributed by atoms with van der Waals surface area (Å²) in [5, 5.41) is 10.3. The van der Waals surface area contributed by atoms with Gasteiger partial charge in [0.1, 0.15) is 17.1 Å². The number of phenols is 1. The molecule has 2 heteroatoms. The van der Waals surface area contributed by atoms with Crippen molar-refractivity contribution >= 4 is 0 Å². The molecule has 4 rings (SSSR count). The molecule has 0 spiro atoms. The molecule has 1 aromatic carbocycles. The maximum absolute atomic E-state index is 10.3. The van der Waals surface area contributed by atoms with Gasteiger partial charge in [-0.1, -0.05) is 33.3 Å². The fourth-order valence-electron chi connectivity index (χ4n) is 6.49. The minimum Gasteiger partial charge on any atom is -0.508 e. The van der Waals surface area contributed by atoms with Crippen molar-refractivity contribution in [3.8, 4) is 11.5 Å². The van der Waals surface area contributed by atoms with Crippen molar-refractivity contribution in [3.63, 3.8) is 0 Å². The van der Waals surface area contributed by atoms with Crippen LogP contribution in [0.3, 0.4) is 0 Å². The number of ether oxygens (including phenoxy) is 1. The Bertz CT molecular complexity index is 635. The van der Waals surface area contributed by atoms with Crippen LogP contribution in [-0.2, 0) is 6.42 Å². The van der Waals surface area contributed by atoms with Gasteiger partial charge in [0, 0.05) is 11.5 Å². The molecule has 1 aromatic rings. The Labute approximate surface area is 140 Å². The number of phenolic OH excluding ortho intramolecular Hbond substituents is 1. The molecule has 0 aromatic heterocycles. The number of hydrogen-bond acceptors (Lipinski definition) is 2. The Morgan fingerprint density at radius 2 is 1.83 bits per heavy atom. The summed E-state index contributed by atoms with van der Waals surface area (Å²) < 4.78 is 6.53. The molecule has 0 bridgehead atoms. The second-order valence-corrected chi connectivity index (χ2v) is 9.36. The van der Waals surface area contributed by atoms with E-state index in [0.717, 1.165) is 30.1 Å². The Morgan fingerprint density at radius 1 is 1.04 bits per heavy atom. The SMILES string of the molecule is CC1(C)CCC[C@]2(C)[C@H]3Cc4c(O)cccc4O[C@]3(C)CC[C@@H]12. The monoisotopic (exact) mass is 314 g/mol. The van der Waals surface area contributed by atoms with Crippen molar-refractivity contribution in [2.75, 3.05) is 0 Å². The molecule has 23 heavy (non-hydrogen) atoms. The van der Waals surface area contributed by atoms with E-state index in [4.69, 9.17) is 4.74 Å². The van der Waals surface area contributed by atoms with Gasteiger partial charge < -0.3 is 9.84 Å². The maximum Gasteiger partial charge on any atom is 0.127 e. The van der Waals surface area contributed by atoms with E-state index < -0.39 is 0 Å². The van der Waals surface area contributed by atoms with Gasteiger partial charge in [-0.05, 0) is 67.9 Å². The zero-order valence-corrected chi connectivity index (χ0v) is 15.0. The maximum atomic E-state index is 10.3. The summed E-state index contributed by atoms with van der Waals surface area (Å²) in [5.74, 6) is 2.57. The van der Waals surface area contributed by atoms with Crippen molar-refractivity contribution in [1.82, 2.24) is 0 Å². The minimum atomic E-state index is -0.0839. The summed E-state index contributed by atoms with van der Waals surface area (Å²) >= 11 is 0. The first-order chi connectivity index (χ1) is 10.8. The molecule has 0 saturated heterocycles. The molecule has 1 N–H and O–H groups in total. The van der Waals surface area contributed by atoms with E-state index in [-0.39, 0.29) is 5.60 Å². The molecule has 0 unspecified atom stereocenters. The van der Waals surface area contributed by atoms with Crippen LogP contribution >= 0.6 is 0 Å². The van der Waals surface area contributed by atoms with Gasteiger partial charge in [0.2, 0.25) is 0 Å². The summed E-state index contributed by atoms with van der Waals surface area (Å²) in [6.07, 6.45) is 7.33. The first-order valence-corrected chi connectivity index (χ1v) is 9.26. The van der Waals surface area contributed by atoms with Gasteiger partial charge in [0.15, 0.2) is 0 Å². The summed E-state index contributed by atoms with van der Waals surface area (Å²) in [5.41, 5.74) is 1.68. The third kappa shape index (κ3) is 2.06. The van der Waals surface area contributed by atoms with E-state index in [9.17, 15) is 5.11 Å². The molecule has 0 radical (unpaired) electrons. The van der Waals surface area contributed by atoms with Crippen LogP contribution in [0.25, 0.3) is 0 Å². The summed E-state index contributed by atoms with van der Waals surface area (Å²) in [6, 6.07) is 5.73. The van der Waals surface area contributed by atoms with Gasteiger partial charge >= 0.3 is 0 Å². The van der Waals surface area contributed by atoms with Crippen LogP contribution in [0, 0.1) is 22.7 Å². The zero-order valence-electron chi connectivity index (χ0n) is 15.0. The standard InChI is InChI=1S/C21H30O2/c1-19(2)10-6-11-20(3)17(19)9-12-21(4)18(20)13-14-15(22)7-5-8-16(14)23-21/h5,7-8,17-18,22H,6,9-13H2,1-4H3/t17-,18+,20-,21+/m0/s1. The lowest BCUT2D eigenvalue weighted by molar-refractivity contribution is -0.162. The fourth-order valence-corrected chi connectivity index (χ4v) is 6.49. The summed E-state index contributed by atoms with van der Waals surface area (Å²) in [6.45, 7) is 9.75. The van der Waals surface area contributed by atoms with Crippen LogP contribution in [0.2, 0.25) is 0 Å². The molecule has 2 fully saturated rings. The quantitative estimate of drug-likeness (QED) is 0.701. The van der Waals surface area contributed by atoms with E-state index >= 15 is 0 Å². The van der Waals surface area contributed by atoms with Crippen molar-refractivity contribution in [2.24, 2.45) is 22.7 Å². The van der Waals surface area contributed by atoms with Gasteiger partial charge in [-0.15, -0.1) is 0 Å². The van der Waals surface area contributed by atoms with Gasteiger partial charge in [-0.3, -0.25) is 0 Å². The number of rotatable bonds is 0. The zero-order chi connectivity index (χ0) is 16.5. The number of hydrogen-bond donors (Lipinski definition) is 1. The highest BCUT2D eigenvalue weighted by atomic mass is 16.5. The van der Waals surface area contributed by atoms with Gasteiger partial charge in [-0.2, -0.15) is 0 Å². The van der Waals surface area contributed by atoms with Crippen LogP contribution in [0.15, 0.2) is 18.2 Å². The van der Waals surface area contributed by atoms with Crippen LogP contribution in [0.5, 0.6) is 11.5 Å². The Balaban J connectivity index is 1.79. The molecule has 126 valence electrons. The second kappa shape index (κ2) is 4.68. The largest absolute Gasteiger partial charge is 0.508 e. The molecule has 1 heterocycles. The first kappa shape index (κ1) is 15.4. The van der Waals surface area contributed by atoms with Gasteiger partial charge in [-0.25, -0.2) is 0 Å². The van der Waals surface area contributed by atoms with Crippen molar-refractivity contribution < 1.29 is 9.84 Å². The first-order valence-electron chi connectivity index (χ1n) is 9.26. The summed E-state index contributed by atoms with van der Waals surface area (Å²) in [7, 11) is 0. The smallest absolute Gasteiger partial charge is 0.127 e. The number of fused-ring (bicyclic) bond motifs is 4. The molecule has 1 aliphatic heterocycles. The highest BCUT2D eigenvalue weighted by Crippen LogP contribution is 2.64. The van der Waals surface area contributed by atoms with E-state index in [0.29, 0.717) is 22.5 Å². The number of benzene rings is 1. The summed E-state index contributed by atoms with van der Waals surface area (Å²) in [4.78, 5) is 0. The third-order valence-corrected chi connectivity index (χ3v) is 7.60. The van der Waals surface area contributed by atoms with Gasteiger partial charge in [0.25, 0.3) is 0 Å². The van der Waals surface area contributed by atoms with E-state index in [1.165, 1.54) is 25.7 Å².